The van der Waals surface area contributed by atoms with Crippen molar-refractivity contribution in [2.45, 2.75) is 6.92 Å². The standard InChI is InChI=1S/C19H14Cl2N2O5S/c1-11-3-2-4-13(7-11)28-6-5-22-18(24)17(29-19(22)25)9-12-8-16(23(26)27)15(21)10-14(12)20/h2-4,7-10H,5-6H2,1H3/b17-9-. The minimum atomic E-state index is -0.648. The first kappa shape index (κ1) is 21.2. The zero-order valence-corrected chi connectivity index (χ0v) is 17.4. The number of amides is 2. The number of halogens is 2. The fourth-order valence-corrected chi connectivity index (χ4v) is 3.96. The Bertz CT molecular complexity index is 1040. The first-order valence-corrected chi connectivity index (χ1v) is 9.92. The molecule has 1 aliphatic rings. The number of nitro groups is 1. The molecule has 2 aromatic carbocycles. The Morgan fingerprint density at radius 2 is 1.97 bits per heavy atom. The fraction of sp³-hybridized carbons (Fsp3) is 0.158. The van der Waals surface area contributed by atoms with Gasteiger partial charge in [-0.1, -0.05) is 35.3 Å². The summed E-state index contributed by atoms with van der Waals surface area (Å²) in [7, 11) is 0. The Kier molecular flexibility index (Phi) is 6.46. The van der Waals surface area contributed by atoms with Crippen molar-refractivity contribution >= 4 is 57.9 Å². The number of rotatable bonds is 6. The highest BCUT2D eigenvalue weighted by atomic mass is 35.5. The van der Waals surface area contributed by atoms with E-state index in [-0.39, 0.29) is 39.4 Å². The molecule has 150 valence electrons. The molecule has 1 fully saturated rings. The lowest BCUT2D eigenvalue weighted by Crippen LogP contribution is -2.32. The number of hydrogen-bond donors (Lipinski definition) is 0. The summed E-state index contributed by atoms with van der Waals surface area (Å²) in [5.41, 5.74) is 0.919. The van der Waals surface area contributed by atoms with Crippen molar-refractivity contribution in [2.24, 2.45) is 0 Å². The van der Waals surface area contributed by atoms with Gasteiger partial charge in [0.25, 0.3) is 16.8 Å². The van der Waals surface area contributed by atoms with Crippen LogP contribution in [0.5, 0.6) is 5.75 Å². The van der Waals surface area contributed by atoms with Crippen LogP contribution < -0.4 is 4.74 Å². The van der Waals surface area contributed by atoms with Gasteiger partial charge in [-0.15, -0.1) is 0 Å². The number of hydrogen-bond acceptors (Lipinski definition) is 6. The van der Waals surface area contributed by atoms with Crippen molar-refractivity contribution in [2.75, 3.05) is 13.2 Å². The van der Waals surface area contributed by atoms with Gasteiger partial charge in [0.2, 0.25) is 0 Å². The molecule has 0 radical (unpaired) electrons. The van der Waals surface area contributed by atoms with Crippen LogP contribution in [-0.4, -0.2) is 34.1 Å². The van der Waals surface area contributed by atoms with E-state index in [1.54, 1.807) is 6.07 Å². The predicted molar refractivity (Wildman–Crippen MR) is 112 cm³/mol. The molecule has 0 spiro atoms. The normalized spacial score (nSPS) is 15.3. The smallest absolute Gasteiger partial charge is 0.293 e. The molecular weight excluding hydrogens is 439 g/mol. The van der Waals surface area contributed by atoms with E-state index in [2.05, 4.69) is 0 Å². The van der Waals surface area contributed by atoms with Gasteiger partial charge in [0.15, 0.2) is 0 Å². The summed E-state index contributed by atoms with van der Waals surface area (Å²) in [5.74, 6) is 0.134. The Balaban J connectivity index is 1.73. The number of carbonyl (C=O) groups excluding carboxylic acids is 2. The van der Waals surface area contributed by atoms with Gasteiger partial charge in [0, 0.05) is 16.7 Å². The summed E-state index contributed by atoms with van der Waals surface area (Å²) in [6, 6.07) is 9.81. The largest absolute Gasteiger partial charge is 0.492 e. The zero-order chi connectivity index (χ0) is 21.1. The van der Waals surface area contributed by atoms with Gasteiger partial charge in [-0.05, 0) is 48.5 Å². The van der Waals surface area contributed by atoms with Crippen LogP contribution in [0.2, 0.25) is 10.0 Å². The SMILES string of the molecule is Cc1cccc(OCCN2C(=O)S/C(=C\c3cc([N+](=O)[O-])c(Cl)cc3Cl)C2=O)c1. The first-order valence-electron chi connectivity index (χ1n) is 8.34. The van der Waals surface area contributed by atoms with Crippen LogP contribution in [0.4, 0.5) is 10.5 Å². The predicted octanol–water partition coefficient (Wildman–Crippen LogP) is 5.33. The van der Waals surface area contributed by atoms with Crippen molar-refractivity contribution in [3.05, 3.63) is 72.6 Å². The van der Waals surface area contributed by atoms with Crippen LogP contribution in [0.3, 0.4) is 0 Å². The van der Waals surface area contributed by atoms with E-state index >= 15 is 0 Å². The third-order valence-electron chi connectivity index (χ3n) is 4.00. The second-order valence-electron chi connectivity index (χ2n) is 6.08. The van der Waals surface area contributed by atoms with E-state index < -0.39 is 16.1 Å². The van der Waals surface area contributed by atoms with Gasteiger partial charge in [-0.2, -0.15) is 0 Å². The maximum absolute atomic E-state index is 12.6. The quantitative estimate of drug-likeness (QED) is 0.334. The Labute approximate surface area is 180 Å². The number of nitrogens with zero attached hydrogens (tertiary/aromatic N) is 2. The van der Waals surface area contributed by atoms with Crippen molar-refractivity contribution in [1.29, 1.82) is 0 Å². The van der Waals surface area contributed by atoms with Crippen LogP contribution in [0, 0.1) is 17.0 Å². The van der Waals surface area contributed by atoms with Gasteiger partial charge in [-0.25, -0.2) is 0 Å². The Hall–Kier alpha value is -2.55. The van der Waals surface area contributed by atoms with Crippen LogP contribution in [0.15, 0.2) is 41.3 Å². The lowest BCUT2D eigenvalue weighted by Gasteiger charge is -2.13. The van der Waals surface area contributed by atoms with Crippen LogP contribution in [0.25, 0.3) is 6.08 Å². The molecule has 0 aliphatic carbocycles. The van der Waals surface area contributed by atoms with Crippen molar-refractivity contribution in [3.63, 3.8) is 0 Å². The molecule has 1 aliphatic heterocycles. The van der Waals surface area contributed by atoms with Gasteiger partial charge in [0.1, 0.15) is 17.4 Å². The number of ether oxygens (including phenoxy) is 1. The lowest BCUT2D eigenvalue weighted by molar-refractivity contribution is -0.384. The van der Waals surface area contributed by atoms with Crippen molar-refractivity contribution in [1.82, 2.24) is 4.90 Å². The molecule has 1 saturated heterocycles. The second-order valence-corrected chi connectivity index (χ2v) is 7.89. The molecule has 0 saturated carbocycles. The number of carbonyl (C=O) groups is 2. The number of aryl methyl sites for hydroxylation is 1. The Morgan fingerprint density at radius 1 is 1.21 bits per heavy atom. The summed E-state index contributed by atoms with van der Waals surface area (Å²) in [5, 5.41) is 10.6. The molecule has 0 bridgehead atoms. The van der Waals surface area contributed by atoms with E-state index in [4.69, 9.17) is 27.9 Å². The molecule has 0 aromatic heterocycles. The van der Waals surface area contributed by atoms with E-state index in [1.165, 1.54) is 18.2 Å². The third-order valence-corrected chi connectivity index (χ3v) is 5.53. The van der Waals surface area contributed by atoms with E-state index in [9.17, 15) is 19.7 Å². The molecule has 3 rings (SSSR count). The molecule has 1 heterocycles. The molecule has 7 nitrogen and oxygen atoms in total. The highest BCUT2D eigenvalue weighted by Crippen LogP contribution is 2.36. The number of imide groups is 1. The maximum atomic E-state index is 12.6. The zero-order valence-electron chi connectivity index (χ0n) is 15.1. The molecular formula is C19H14Cl2N2O5S. The van der Waals surface area contributed by atoms with Crippen LogP contribution in [-0.2, 0) is 4.79 Å². The average molecular weight is 453 g/mol. The summed E-state index contributed by atoms with van der Waals surface area (Å²) in [6.45, 7) is 2.15. The van der Waals surface area contributed by atoms with E-state index in [1.807, 2.05) is 25.1 Å². The molecule has 29 heavy (non-hydrogen) atoms. The van der Waals surface area contributed by atoms with Crippen molar-refractivity contribution in [3.8, 4) is 5.75 Å². The lowest BCUT2D eigenvalue weighted by atomic mass is 10.2. The average Bonchev–Trinajstić information content (AvgIpc) is 2.91. The molecule has 0 unspecified atom stereocenters. The van der Waals surface area contributed by atoms with Gasteiger partial charge >= 0.3 is 0 Å². The summed E-state index contributed by atoms with van der Waals surface area (Å²) >= 11 is 12.6. The molecule has 2 amide bonds. The molecule has 0 N–H and O–H groups in total. The summed E-state index contributed by atoms with van der Waals surface area (Å²) in [4.78, 5) is 36.4. The number of thioether (sulfide) groups is 1. The van der Waals surface area contributed by atoms with Crippen LogP contribution in [0.1, 0.15) is 11.1 Å². The molecule has 10 heteroatoms. The fourth-order valence-electron chi connectivity index (χ4n) is 2.60. The number of nitro benzene ring substituents is 1. The monoisotopic (exact) mass is 452 g/mol. The topological polar surface area (TPSA) is 89.8 Å². The molecule has 0 atom stereocenters. The first-order chi connectivity index (χ1) is 13.8. The van der Waals surface area contributed by atoms with E-state index in [0.717, 1.165) is 22.2 Å². The van der Waals surface area contributed by atoms with Gasteiger partial charge in [-0.3, -0.25) is 24.6 Å². The van der Waals surface area contributed by atoms with Gasteiger partial charge in [0.05, 0.1) is 16.4 Å². The Morgan fingerprint density at radius 3 is 2.66 bits per heavy atom. The third kappa shape index (κ3) is 4.90. The maximum Gasteiger partial charge on any atom is 0.293 e. The van der Waals surface area contributed by atoms with Crippen LogP contribution >= 0.6 is 35.0 Å². The highest BCUT2D eigenvalue weighted by molar-refractivity contribution is 8.18. The second kappa shape index (κ2) is 8.86. The van der Waals surface area contributed by atoms with Gasteiger partial charge < -0.3 is 4.74 Å². The van der Waals surface area contributed by atoms with E-state index in [0.29, 0.717) is 5.75 Å². The highest BCUT2D eigenvalue weighted by Gasteiger charge is 2.35. The summed E-state index contributed by atoms with van der Waals surface area (Å²) < 4.78 is 5.59. The minimum Gasteiger partial charge on any atom is -0.492 e. The number of benzene rings is 2. The summed E-state index contributed by atoms with van der Waals surface area (Å²) in [6.07, 6.45) is 1.35. The molecule has 2 aromatic rings. The minimum absolute atomic E-state index is 0.0739. The van der Waals surface area contributed by atoms with Crippen molar-refractivity contribution < 1.29 is 19.2 Å².